The van der Waals surface area contributed by atoms with Crippen molar-refractivity contribution in [3.8, 4) is 11.8 Å². The summed E-state index contributed by atoms with van der Waals surface area (Å²) in [6, 6.07) is 6.85. The average Bonchev–Trinajstić information content (AvgIpc) is 2.38. The van der Waals surface area contributed by atoms with Crippen molar-refractivity contribution in [1.82, 2.24) is 0 Å². The van der Waals surface area contributed by atoms with E-state index in [1.807, 2.05) is 7.05 Å². The van der Waals surface area contributed by atoms with E-state index in [9.17, 15) is 9.90 Å². The van der Waals surface area contributed by atoms with E-state index < -0.39 is 5.63 Å². The lowest BCUT2D eigenvalue weighted by Gasteiger charge is -2.13. The Kier molecular flexibility index (Phi) is 4.06. The summed E-state index contributed by atoms with van der Waals surface area (Å²) in [7, 11) is 1.96. The summed E-state index contributed by atoms with van der Waals surface area (Å²) in [6.07, 6.45) is 0.468. The predicted octanol–water partition coefficient (Wildman–Crippen LogP) is 0.735. The van der Waals surface area contributed by atoms with Crippen molar-refractivity contribution in [3.05, 3.63) is 39.7 Å². The van der Waals surface area contributed by atoms with Crippen molar-refractivity contribution in [3.63, 3.8) is 0 Å². The summed E-state index contributed by atoms with van der Waals surface area (Å²) < 4.78 is 5.17. The molecule has 2 aromatic rings. The van der Waals surface area contributed by atoms with Crippen LogP contribution in [0.15, 0.2) is 27.4 Å². The molecule has 0 radical (unpaired) electrons. The quantitative estimate of drug-likeness (QED) is 0.805. The highest BCUT2D eigenvalue weighted by molar-refractivity contribution is 5.82. The molecule has 1 heterocycles. The average molecular weight is 273 g/mol. The van der Waals surface area contributed by atoms with Crippen LogP contribution in [-0.2, 0) is 6.54 Å². The highest BCUT2D eigenvalue weighted by atomic mass is 16.4. The van der Waals surface area contributed by atoms with Gasteiger partial charge >= 0.3 is 5.63 Å². The molecule has 0 aliphatic carbocycles. The molecule has 0 aliphatic rings. The molecule has 2 N–H and O–H groups in total. The third kappa shape index (κ3) is 2.98. The van der Waals surface area contributed by atoms with E-state index in [1.54, 1.807) is 19.1 Å². The van der Waals surface area contributed by atoms with Gasteiger partial charge in [0.1, 0.15) is 17.9 Å². The number of hydrogen-bond acceptors (Lipinski definition) is 4. The van der Waals surface area contributed by atoms with E-state index in [0.29, 0.717) is 30.7 Å². The molecule has 2 rings (SSSR count). The molecular formula is C15H17N2O3+. The fourth-order valence-electron chi connectivity index (χ4n) is 2.19. The summed E-state index contributed by atoms with van der Waals surface area (Å²) in [5.41, 5.74) is 1.58. The van der Waals surface area contributed by atoms with Crippen LogP contribution in [0.2, 0.25) is 0 Å². The lowest BCUT2D eigenvalue weighted by molar-refractivity contribution is -0.893. The van der Waals surface area contributed by atoms with E-state index in [1.165, 1.54) is 6.07 Å². The molecule has 0 saturated carbocycles. The Morgan fingerprint density at radius 1 is 1.40 bits per heavy atom. The summed E-state index contributed by atoms with van der Waals surface area (Å²) in [5.74, 6) is 0.183. The number of rotatable bonds is 4. The van der Waals surface area contributed by atoms with Crippen LogP contribution in [0.4, 0.5) is 0 Å². The fourth-order valence-corrected chi connectivity index (χ4v) is 2.19. The fraction of sp³-hybridized carbons (Fsp3) is 0.333. The van der Waals surface area contributed by atoms with Crippen molar-refractivity contribution < 1.29 is 14.4 Å². The summed E-state index contributed by atoms with van der Waals surface area (Å²) in [4.78, 5) is 12.7. The molecule has 104 valence electrons. The van der Waals surface area contributed by atoms with Gasteiger partial charge in [-0.2, -0.15) is 5.26 Å². The Bertz CT molecular complexity index is 728. The van der Waals surface area contributed by atoms with Gasteiger partial charge in [-0.15, -0.1) is 0 Å². The topological polar surface area (TPSA) is 78.7 Å². The van der Waals surface area contributed by atoms with Crippen LogP contribution in [-0.4, -0.2) is 18.7 Å². The van der Waals surface area contributed by atoms with Gasteiger partial charge in [0.2, 0.25) is 0 Å². The molecule has 0 spiro atoms. The first-order valence-electron chi connectivity index (χ1n) is 6.46. The van der Waals surface area contributed by atoms with Crippen LogP contribution in [0.25, 0.3) is 11.0 Å². The summed E-state index contributed by atoms with van der Waals surface area (Å²) in [6.45, 7) is 3.06. The number of nitrogens with zero attached hydrogens (tertiary/aromatic N) is 1. The molecule has 5 nitrogen and oxygen atoms in total. The first-order valence-corrected chi connectivity index (χ1v) is 6.46. The zero-order chi connectivity index (χ0) is 14.7. The molecular weight excluding hydrogens is 256 g/mol. The van der Waals surface area contributed by atoms with Crippen molar-refractivity contribution in [2.24, 2.45) is 0 Å². The molecule has 20 heavy (non-hydrogen) atoms. The molecule has 1 unspecified atom stereocenters. The first kappa shape index (κ1) is 14.1. The summed E-state index contributed by atoms with van der Waals surface area (Å²) in [5, 5.41) is 19.2. The molecule has 0 bridgehead atoms. The Morgan fingerprint density at radius 2 is 2.15 bits per heavy atom. The van der Waals surface area contributed by atoms with E-state index in [-0.39, 0.29) is 5.75 Å². The Morgan fingerprint density at radius 3 is 2.85 bits per heavy atom. The predicted molar refractivity (Wildman–Crippen MR) is 74.6 cm³/mol. The number of aryl methyl sites for hydroxylation is 1. The second kappa shape index (κ2) is 5.76. The minimum Gasteiger partial charge on any atom is -0.508 e. The number of benzene rings is 1. The highest BCUT2D eigenvalue weighted by Crippen LogP contribution is 2.25. The van der Waals surface area contributed by atoms with Gasteiger partial charge in [0.15, 0.2) is 0 Å². The molecule has 1 atom stereocenters. The van der Waals surface area contributed by atoms with Crippen LogP contribution in [0.3, 0.4) is 0 Å². The number of quaternary nitrogens is 1. The van der Waals surface area contributed by atoms with Gasteiger partial charge in [-0.05, 0) is 24.6 Å². The largest absolute Gasteiger partial charge is 0.508 e. The minimum atomic E-state index is -0.398. The van der Waals surface area contributed by atoms with E-state index >= 15 is 0 Å². The SMILES string of the molecule is Cc1cc2oc(=O)cc(C[NH+](C)CCC#N)c2cc1O. The zero-order valence-corrected chi connectivity index (χ0v) is 11.6. The normalized spacial score (nSPS) is 12.2. The van der Waals surface area contributed by atoms with E-state index in [4.69, 9.17) is 9.68 Å². The third-order valence-corrected chi connectivity index (χ3v) is 3.30. The molecule has 1 aromatic carbocycles. The second-order valence-electron chi connectivity index (χ2n) is 5.02. The van der Waals surface area contributed by atoms with Crippen LogP contribution in [0, 0.1) is 18.3 Å². The standard InChI is InChI=1S/C15H16N2O3/c1-10-6-14-12(8-13(10)18)11(7-15(19)20-14)9-17(2)5-3-4-16/h6-8,18H,3,5,9H2,1-2H3/p+1. The maximum Gasteiger partial charge on any atom is 0.336 e. The monoisotopic (exact) mass is 273 g/mol. The highest BCUT2D eigenvalue weighted by Gasteiger charge is 2.12. The van der Waals surface area contributed by atoms with Crippen molar-refractivity contribution in [1.29, 1.82) is 5.26 Å². The zero-order valence-electron chi connectivity index (χ0n) is 11.6. The Balaban J connectivity index is 2.44. The maximum absolute atomic E-state index is 11.6. The van der Waals surface area contributed by atoms with Gasteiger partial charge in [-0.3, -0.25) is 0 Å². The van der Waals surface area contributed by atoms with Crippen LogP contribution in [0.1, 0.15) is 17.5 Å². The molecule has 0 aliphatic heterocycles. The lowest BCUT2D eigenvalue weighted by atomic mass is 10.1. The second-order valence-corrected chi connectivity index (χ2v) is 5.02. The number of nitrogens with one attached hydrogen (secondary N) is 1. The minimum absolute atomic E-state index is 0.183. The van der Waals surface area contributed by atoms with Crippen LogP contribution < -0.4 is 10.5 Å². The van der Waals surface area contributed by atoms with Gasteiger partial charge in [0.05, 0.1) is 26.1 Å². The number of phenols is 1. The van der Waals surface area contributed by atoms with Gasteiger partial charge in [0, 0.05) is 17.0 Å². The third-order valence-electron chi connectivity index (χ3n) is 3.30. The maximum atomic E-state index is 11.6. The van der Waals surface area contributed by atoms with E-state index in [2.05, 4.69) is 6.07 Å². The smallest absolute Gasteiger partial charge is 0.336 e. The van der Waals surface area contributed by atoms with Gasteiger partial charge < -0.3 is 14.4 Å². The van der Waals surface area contributed by atoms with Crippen LogP contribution >= 0.6 is 0 Å². The number of aromatic hydroxyl groups is 1. The number of nitriles is 1. The Hall–Kier alpha value is -2.32. The van der Waals surface area contributed by atoms with Gasteiger partial charge in [-0.25, -0.2) is 4.79 Å². The number of phenolic OH excluding ortho intramolecular Hbond substituents is 1. The number of hydrogen-bond donors (Lipinski definition) is 2. The van der Waals surface area contributed by atoms with Gasteiger partial charge in [-0.1, -0.05) is 0 Å². The molecule has 0 saturated heterocycles. The molecule has 0 amide bonds. The lowest BCUT2D eigenvalue weighted by Crippen LogP contribution is -3.07. The van der Waals surface area contributed by atoms with Crippen molar-refractivity contribution >= 4 is 11.0 Å². The first-order chi connectivity index (χ1) is 9.51. The van der Waals surface area contributed by atoms with Crippen molar-refractivity contribution in [2.75, 3.05) is 13.6 Å². The van der Waals surface area contributed by atoms with E-state index in [0.717, 1.165) is 15.8 Å². The molecule has 1 aromatic heterocycles. The van der Waals surface area contributed by atoms with Crippen molar-refractivity contribution in [2.45, 2.75) is 19.9 Å². The van der Waals surface area contributed by atoms with Gasteiger partial charge in [0.25, 0.3) is 0 Å². The summed E-state index contributed by atoms with van der Waals surface area (Å²) >= 11 is 0. The number of fused-ring (bicyclic) bond motifs is 1. The molecule has 0 fully saturated rings. The Labute approximate surface area is 116 Å². The molecule has 5 heteroatoms. The van der Waals surface area contributed by atoms with Crippen LogP contribution in [0.5, 0.6) is 5.75 Å².